The number of aryl methyl sites for hydroxylation is 2. The van der Waals surface area contributed by atoms with E-state index < -0.39 is 0 Å². The molecule has 4 rings (SSSR count). The van der Waals surface area contributed by atoms with E-state index in [1.807, 2.05) is 11.8 Å². The molecule has 2 atom stereocenters. The van der Waals surface area contributed by atoms with Crippen molar-refractivity contribution < 1.29 is 18.9 Å². The second-order valence-corrected chi connectivity index (χ2v) is 11.4. The van der Waals surface area contributed by atoms with Crippen LogP contribution in [0.3, 0.4) is 0 Å². The van der Waals surface area contributed by atoms with Crippen LogP contribution in [0.4, 0.5) is 0 Å². The fourth-order valence-electron chi connectivity index (χ4n) is 3.92. The maximum Gasteiger partial charge on any atom is 0.122 e. The van der Waals surface area contributed by atoms with Gasteiger partial charge in [0.1, 0.15) is 36.9 Å². The van der Waals surface area contributed by atoms with Gasteiger partial charge in [-0.3, -0.25) is 0 Å². The van der Waals surface area contributed by atoms with Gasteiger partial charge < -0.3 is 18.9 Å². The third-order valence-corrected chi connectivity index (χ3v) is 7.05. The molecule has 0 saturated carbocycles. The third kappa shape index (κ3) is 7.14. The second kappa shape index (κ2) is 10.7. The zero-order valence-corrected chi connectivity index (χ0v) is 21.7. The topological polar surface area (TPSA) is 43.5 Å². The van der Waals surface area contributed by atoms with E-state index in [-0.39, 0.29) is 12.2 Å². The van der Waals surface area contributed by atoms with E-state index >= 15 is 0 Å². The van der Waals surface area contributed by atoms with Crippen LogP contribution in [0.1, 0.15) is 49.9 Å². The predicted molar refractivity (Wildman–Crippen MR) is 134 cm³/mol. The van der Waals surface area contributed by atoms with Gasteiger partial charge >= 0.3 is 0 Å². The molecule has 2 heterocycles. The maximum atomic E-state index is 6.09. The van der Waals surface area contributed by atoms with Crippen molar-refractivity contribution in [3.63, 3.8) is 0 Å². The van der Waals surface area contributed by atoms with E-state index in [1.54, 1.807) is 0 Å². The molecule has 0 spiro atoms. The van der Waals surface area contributed by atoms with Gasteiger partial charge in [-0.15, -0.1) is 0 Å². The summed E-state index contributed by atoms with van der Waals surface area (Å²) in [5.41, 5.74) is 5.06. The van der Waals surface area contributed by atoms with Crippen molar-refractivity contribution in [2.45, 2.75) is 76.4 Å². The molecule has 2 aromatic rings. The van der Waals surface area contributed by atoms with Crippen molar-refractivity contribution >= 4 is 11.8 Å². The van der Waals surface area contributed by atoms with Gasteiger partial charge in [0.15, 0.2) is 0 Å². The molecule has 4 nitrogen and oxygen atoms in total. The first-order chi connectivity index (χ1) is 15.8. The molecule has 2 fully saturated rings. The van der Waals surface area contributed by atoms with Gasteiger partial charge in [-0.2, -0.15) is 0 Å². The summed E-state index contributed by atoms with van der Waals surface area (Å²) in [5, 5.41) is 0. The second-order valence-electron chi connectivity index (χ2n) is 10.3. The molecule has 2 aliphatic rings. The van der Waals surface area contributed by atoms with Gasteiger partial charge in [-0.25, -0.2) is 0 Å². The van der Waals surface area contributed by atoms with Crippen LogP contribution in [0.15, 0.2) is 34.1 Å². The Morgan fingerprint density at radius 3 is 1.48 bits per heavy atom. The fourth-order valence-corrected chi connectivity index (χ4v) is 5.17. The Bertz CT molecular complexity index is 883. The van der Waals surface area contributed by atoms with Crippen LogP contribution in [0, 0.1) is 25.7 Å². The van der Waals surface area contributed by atoms with Gasteiger partial charge in [0.2, 0.25) is 0 Å². The normalized spacial score (nSPS) is 19.3. The smallest absolute Gasteiger partial charge is 0.122 e. The Morgan fingerprint density at radius 1 is 0.758 bits per heavy atom. The fraction of sp³-hybridized carbons (Fsp3) is 0.571. The standard InChI is InChI=1S/C28H38O4S/c1-17(2)7-21-11-25(31-15-23-13-29-23)19(5)9-27(21)33-28-10-20(6)26(32-16-24-14-30-24)12-22(28)8-18(3)4/h9-12,17-18,23-24H,7-8,13-16H2,1-6H3. The minimum absolute atomic E-state index is 0.265. The van der Waals surface area contributed by atoms with Crippen LogP contribution >= 0.6 is 11.8 Å². The number of hydrogen-bond acceptors (Lipinski definition) is 5. The quantitative estimate of drug-likeness (QED) is 0.336. The number of epoxide rings is 2. The summed E-state index contributed by atoms with van der Waals surface area (Å²) in [4.78, 5) is 2.64. The van der Waals surface area contributed by atoms with Crippen LogP contribution in [-0.4, -0.2) is 38.6 Å². The Kier molecular flexibility index (Phi) is 7.93. The van der Waals surface area contributed by atoms with Crippen molar-refractivity contribution in [3.8, 4) is 11.5 Å². The van der Waals surface area contributed by atoms with E-state index in [4.69, 9.17) is 18.9 Å². The molecule has 33 heavy (non-hydrogen) atoms. The summed E-state index contributed by atoms with van der Waals surface area (Å²) in [7, 11) is 0. The average molecular weight is 471 g/mol. The van der Waals surface area contributed by atoms with Crippen LogP contribution in [0.5, 0.6) is 11.5 Å². The van der Waals surface area contributed by atoms with Gasteiger partial charge in [-0.05, 0) is 85.0 Å². The number of ether oxygens (including phenoxy) is 4. The van der Waals surface area contributed by atoms with Crippen LogP contribution in [-0.2, 0) is 22.3 Å². The number of hydrogen-bond donors (Lipinski definition) is 0. The summed E-state index contributed by atoms with van der Waals surface area (Å²) in [6.45, 7) is 16.3. The molecule has 0 radical (unpaired) electrons. The predicted octanol–water partition coefficient (Wildman–Crippen LogP) is 6.41. The first kappa shape index (κ1) is 24.4. The summed E-state index contributed by atoms with van der Waals surface area (Å²) in [6, 6.07) is 9.11. The highest BCUT2D eigenvalue weighted by Gasteiger charge is 2.25. The molecule has 180 valence electrons. The lowest BCUT2D eigenvalue weighted by molar-refractivity contribution is 0.261. The molecular weight excluding hydrogens is 432 g/mol. The average Bonchev–Trinajstić information content (AvgIpc) is 3.64. The number of rotatable bonds is 12. The van der Waals surface area contributed by atoms with Crippen molar-refractivity contribution in [3.05, 3.63) is 46.5 Å². The molecule has 2 saturated heterocycles. The van der Waals surface area contributed by atoms with E-state index in [0.29, 0.717) is 25.0 Å². The van der Waals surface area contributed by atoms with E-state index in [1.165, 1.54) is 32.0 Å². The van der Waals surface area contributed by atoms with Crippen molar-refractivity contribution in [2.75, 3.05) is 26.4 Å². The van der Waals surface area contributed by atoms with E-state index in [0.717, 1.165) is 37.6 Å². The minimum atomic E-state index is 0.265. The van der Waals surface area contributed by atoms with Gasteiger partial charge in [0.05, 0.1) is 13.2 Å². The first-order valence-electron chi connectivity index (χ1n) is 12.2. The molecule has 2 aromatic carbocycles. The number of benzene rings is 2. The monoisotopic (exact) mass is 470 g/mol. The molecular formula is C28H38O4S. The lowest BCUT2D eigenvalue weighted by Gasteiger charge is -2.19. The van der Waals surface area contributed by atoms with Gasteiger partial charge in [-0.1, -0.05) is 39.5 Å². The molecule has 0 aliphatic carbocycles. The largest absolute Gasteiger partial charge is 0.491 e. The zero-order valence-electron chi connectivity index (χ0n) is 20.9. The van der Waals surface area contributed by atoms with E-state index in [9.17, 15) is 0 Å². The van der Waals surface area contributed by atoms with Crippen LogP contribution in [0.2, 0.25) is 0 Å². The maximum absolute atomic E-state index is 6.09. The summed E-state index contributed by atoms with van der Waals surface area (Å²) >= 11 is 1.88. The Labute approximate surface area is 203 Å². The SMILES string of the molecule is Cc1cc(Sc2cc(C)c(OCC3CO3)cc2CC(C)C)c(CC(C)C)cc1OCC1CO1. The highest BCUT2D eigenvalue weighted by Crippen LogP contribution is 2.40. The van der Waals surface area contributed by atoms with Crippen molar-refractivity contribution in [2.24, 2.45) is 11.8 Å². The molecule has 0 N–H and O–H groups in total. The molecule has 2 unspecified atom stereocenters. The lowest BCUT2D eigenvalue weighted by atomic mass is 10.0. The third-order valence-electron chi connectivity index (χ3n) is 5.85. The van der Waals surface area contributed by atoms with Gasteiger partial charge in [0, 0.05) is 9.79 Å². The molecule has 0 amide bonds. The minimum Gasteiger partial charge on any atom is -0.491 e. The Balaban J connectivity index is 1.62. The van der Waals surface area contributed by atoms with Crippen LogP contribution in [0.25, 0.3) is 0 Å². The Hall–Kier alpha value is -1.69. The molecule has 2 aliphatic heterocycles. The molecule has 5 heteroatoms. The summed E-state index contributed by atoms with van der Waals surface area (Å²) < 4.78 is 22.8. The van der Waals surface area contributed by atoms with Gasteiger partial charge in [0.25, 0.3) is 0 Å². The molecule has 0 bridgehead atoms. The summed E-state index contributed by atoms with van der Waals surface area (Å²) in [5.74, 6) is 3.11. The zero-order chi connectivity index (χ0) is 23.5. The van der Waals surface area contributed by atoms with E-state index in [2.05, 4.69) is 65.8 Å². The summed E-state index contributed by atoms with van der Waals surface area (Å²) in [6.07, 6.45) is 2.58. The Morgan fingerprint density at radius 2 is 1.15 bits per heavy atom. The highest BCUT2D eigenvalue weighted by molar-refractivity contribution is 7.99. The lowest BCUT2D eigenvalue weighted by Crippen LogP contribution is -2.07. The highest BCUT2D eigenvalue weighted by atomic mass is 32.2. The van der Waals surface area contributed by atoms with Crippen LogP contribution < -0.4 is 9.47 Å². The molecule has 0 aromatic heterocycles. The first-order valence-corrected chi connectivity index (χ1v) is 13.0. The van der Waals surface area contributed by atoms with Crippen molar-refractivity contribution in [1.29, 1.82) is 0 Å². The van der Waals surface area contributed by atoms with Crippen molar-refractivity contribution in [1.82, 2.24) is 0 Å².